The molecule has 0 saturated carbocycles. The van der Waals surface area contributed by atoms with E-state index in [0.29, 0.717) is 13.0 Å². The number of hydrazine groups is 1. The number of nitriles is 1. The molecule has 3 rings (SSSR count). The van der Waals surface area contributed by atoms with Gasteiger partial charge in [-0.3, -0.25) is 4.79 Å². The van der Waals surface area contributed by atoms with Crippen LogP contribution in [0.1, 0.15) is 39.5 Å². The number of pyridine rings is 1. The van der Waals surface area contributed by atoms with Crippen LogP contribution in [0.4, 0.5) is 5.82 Å². The fraction of sp³-hybridized carbons (Fsp3) is 0.632. The van der Waals surface area contributed by atoms with E-state index >= 15 is 0 Å². The molecule has 0 spiro atoms. The number of hydrogen-bond acceptors (Lipinski definition) is 8. The summed E-state index contributed by atoms with van der Waals surface area (Å²) in [6.07, 6.45) is 5.58. The Morgan fingerprint density at radius 3 is 2.30 bits per heavy atom. The van der Waals surface area contributed by atoms with E-state index < -0.39 is 15.4 Å². The number of sulfone groups is 1. The van der Waals surface area contributed by atoms with E-state index in [1.54, 1.807) is 12.1 Å². The van der Waals surface area contributed by atoms with Crippen LogP contribution in [-0.2, 0) is 14.6 Å². The van der Waals surface area contributed by atoms with Crippen LogP contribution in [0.25, 0.3) is 0 Å². The molecule has 1 aromatic heterocycles. The summed E-state index contributed by atoms with van der Waals surface area (Å²) in [6.45, 7) is 5.79. The highest BCUT2D eigenvalue weighted by Gasteiger charge is 2.48. The molecule has 0 aliphatic carbocycles. The van der Waals surface area contributed by atoms with E-state index in [9.17, 15) is 18.5 Å². The van der Waals surface area contributed by atoms with Crippen molar-refractivity contribution >= 4 is 46.3 Å². The van der Waals surface area contributed by atoms with Gasteiger partial charge in [-0.25, -0.2) is 23.8 Å². The summed E-state index contributed by atoms with van der Waals surface area (Å²) in [7, 11) is -3.25. The summed E-state index contributed by atoms with van der Waals surface area (Å²) in [4.78, 5) is 18.8. The SMILES string of the molecule is CC(=O)C1(C#N)CCCN1NC1(C)CCN(c2ccc(S(C)(=O)=O)cn2)CC1.Cl.Cl. The summed E-state index contributed by atoms with van der Waals surface area (Å²) in [6, 6.07) is 5.56. The molecule has 1 atom stereocenters. The molecule has 168 valence electrons. The lowest BCUT2D eigenvalue weighted by atomic mass is 9.89. The number of aromatic nitrogens is 1. The Labute approximate surface area is 190 Å². The summed E-state index contributed by atoms with van der Waals surface area (Å²) in [5.74, 6) is 0.641. The zero-order valence-electron chi connectivity index (χ0n) is 17.4. The van der Waals surface area contributed by atoms with Crippen LogP contribution in [0, 0.1) is 11.3 Å². The number of carbonyl (C=O) groups excluding carboxylic acids is 1. The molecule has 30 heavy (non-hydrogen) atoms. The maximum Gasteiger partial charge on any atom is 0.180 e. The molecule has 1 N–H and O–H groups in total. The number of ketones is 1. The number of Topliss-reactive ketones (excluding diaryl/α,β-unsaturated/α-hetero) is 1. The molecular weight excluding hydrogens is 449 g/mol. The maximum atomic E-state index is 12.1. The second-order valence-corrected chi connectivity index (χ2v) is 10.1. The topological polar surface area (TPSA) is 106 Å². The number of halogens is 2. The molecule has 0 bridgehead atoms. The quantitative estimate of drug-likeness (QED) is 0.686. The van der Waals surface area contributed by atoms with Gasteiger partial charge in [-0.05, 0) is 51.7 Å². The van der Waals surface area contributed by atoms with Crippen LogP contribution in [0.3, 0.4) is 0 Å². The van der Waals surface area contributed by atoms with E-state index in [1.165, 1.54) is 19.4 Å². The first-order chi connectivity index (χ1) is 13.1. The summed E-state index contributed by atoms with van der Waals surface area (Å²) >= 11 is 0. The smallest absolute Gasteiger partial charge is 0.180 e. The van der Waals surface area contributed by atoms with Gasteiger partial charge in [-0.15, -0.1) is 24.8 Å². The lowest BCUT2D eigenvalue weighted by Gasteiger charge is -2.45. The Hall–Kier alpha value is -1.44. The highest BCUT2D eigenvalue weighted by molar-refractivity contribution is 7.90. The molecule has 2 aliphatic rings. The molecule has 1 unspecified atom stereocenters. The minimum atomic E-state index is -3.25. The third-order valence-electron chi connectivity index (χ3n) is 5.89. The fourth-order valence-corrected chi connectivity index (χ4v) is 4.54. The van der Waals surface area contributed by atoms with Crippen molar-refractivity contribution < 1.29 is 13.2 Å². The maximum absolute atomic E-state index is 12.1. The van der Waals surface area contributed by atoms with E-state index in [-0.39, 0.29) is 41.0 Å². The summed E-state index contributed by atoms with van der Waals surface area (Å²) in [5, 5.41) is 11.5. The van der Waals surface area contributed by atoms with Crippen molar-refractivity contribution in [2.75, 3.05) is 30.8 Å². The van der Waals surface area contributed by atoms with Gasteiger partial charge in [0.05, 0.1) is 11.0 Å². The molecule has 1 aromatic rings. The third kappa shape index (κ3) is 5.24. The summed E-state index contributed by atoms with van der Waals surface area (Å²) in [5.41, 5.74) is 2.20. The Bertz CT molecular complexity index is 896. The molecule has 2 fully saturated rings. The molecule has 0 radical (unpaired) electrons. The first-order valence-electron chi connectivity index (χ1n) is 9.48. The zero-order valence-corrected chi connectivity index (χ0v) is 19.9. The van der Waals surface area contributed by atoms with Gasteiger partial charge >= 0.3 is 0 Å². The molecule has 2 saturated heterocycles. The van der Waals surface area contributed by atoms with Crippen LogP contribution in [0.15, 0.2) is 23.2 Å². The second kappa shape index (κ2) is 9.79. The highest BCUT2D eigenvalue weighted by atomic mass is 35.5. The number of piperidine rings is 1. The zero-order chi connectivity index (χ0) is 20.6. The Kier molecular flexibility index (Phi) is 8.68. The average Bonchev–Trinajstić information content (AvgIpc) is 3.05. The number of nitrogens with zero attached hydrogens (tertiary/aromatic N) is 4. The van der Waals surface area contributed by atoms with Crippen molar-refractivity contribution in [2.45, 2.75) is 55.5 Å². The number of hydrogen-bond donors (Lipinski definition) is 1. The summed E-state index contributed by atoms with van der Waals surface area (Å²) < 4.78 is 23.2. The van der Waals surface area contributed by atoms with Gasteiger partial charge in [0.15, 0.2) is 21.2 Å². The van der Waals surface area contributed by atoms with Gasteiger partial charge in [-0.2, -0.15) is 5.26 Å². The first-order valence-corrected chi connectivity index (χ1v) is 11.4. The minimum absolute atomic E-state index is 0. The van der Waals surface area contributed by atoms with Crippen molar-refractivity contribution in [3.8, 4) is 6.07 Å². The van der Waals surface area contributed by atoms with E-state index in [1.807, 2.05) is 5.01 Å². The predicted molar refractivity (Wildman–Crippen MR) is 120 cm³/mol. The molecule has 2 aliphatic heterocycles. The van der Waals surface area contributed by atoms with E-state index in [4.69, 9.17) is 0 Å². The number of carbonyl (C=O) groups is 1. The minimum Gasteiger partial charge on any atom is -0.356 e. The van der Waals surface area contributed by atoms with Crippen molar-refractivity contribution in [3.63, 3.8) is 0 Å². The van der Waals surface area contributed by atoms with Gasteiger partial charge in [-0.1, -0.05) is 0 Å². The van der Waals surface area contributed by atoms with Crippen LogP contribution >= 0.6 is 24.8 Å². The first kappa shape index (κ1) is 26.6. The normalized spacial score (nSPS) is 23.7. The molecule has 0 aromatic carbocycles. The molecule has 11 heteroatoms. The average molecular weight is 478 g/mol. The number of nitrogens with one attached hydrogen (secondary N) is 1. The second-order valence-electron chi connectivity index (χ2n) is 8.07. The van der Waals surface area contributed by atoms with Crippen LogP contribution < -0.4 is 10.3 Å². The van der Waals surface area contributed by atoms with E-state index in [2.05, 4.69) is 28.3 Å². The highest BCUT2D eigenvalue weighted by Crippen LogP contribution is 2.32. The largest absolute Gasteiger partial charge is 0.356 e. The van der Waals surface area contributed by atoms with Crippen molar-refractivity contribution in [1.29, 1.82) is 5.26 Å². The Morgan fingerprint density at radius 1 is 1.20 bits per heavy atom. The van der Waals surface area contributed by atoms with Gasteiger partial charge in [0.25, 0.3) is 0 Å². The van der Waals surface area contributed by atoms with Gasteiger partial charge < -0.3 is 4.90 Å². The number of anilines is 1. The van der Waals surface area contributed by atoms with Gasteiger partial charge in [0.2, 0.25) is 0 Å². The predicted octanol–water partition coefficient (Wildman–Crippen LogP) is 2.14. The van der Waals surface area contributed by atoms with Crippen LogP contribution in [0.5, 0.6) is 0 Å². The molecule has 3 heterocycles. The number of rotatable bonds is 5. The lowest BCUT2D eigenvalue weighted by Crippen LogP contribution is -2.63. The lowest BCUT2D eigenvalue weighted by molar-refractivity contribution is -0.127. The van der Waals surface area contributed by atoms with Crippen molar-refractivity contribution in [1.82, 2.24) is 15.4 Å². The monoisotopic (exact) mass is 477 g/mol. The molecular formula is C19H29Cl2N5O3S. The Morgan fingerprint density at radius 2 is 1.83 bits per heavy atom. The van der Waals surface area contributed by atoms with Crippen molar-refractivity contribution in [2.24, 2.45) is 0 Å². The van der Waals surface area contributed by atoms with Crippen LogP contribution in [0.2, 0.25) is 0 Å². The Balaban J connectivity index is 0.00000225. The standard InChI is InChI=1S/C19H27N5O3S.2ClH/c1-15(25)19(14-20)7-4-10-24(19)22-18(2)8-11-23(12-9-18)17-6-5-16(13-21-17)28(3,26)27;;/h5-6,13,22H,4,7-12H2,1-3H3;2*1H. The molecule has 0 amide bonds. The fourth-order valence-electron chi connectivity index (χ4n) is 3.98. The molecule has 8 nitrogen and oxygen atoms in total. The van der Waals surface area contributed by atoms with Gasteiger partial charge in [0, 0.05) is 37.6 Å². The van der Waals surface area contributed by atoms with Gasteiger partial charge in [0.1, 0.15) is 5.82 Å². The van der Waals surface area contributed by atoms with Crippen LogP contribution in [-0.4, -0.2) is 61.2 Å². The van der Waals surface area contributed by atoms with E-state index in [0.717, 1.165) is 38.2 Å². The third-order valence-corrected chi connectivity index (χ3v) is 6.99. The van der Waals surface area contributed by atoms with Crippen molar-refractivity contribution in [3.05, 3.63) is 18.3 Å².